The van der Waals surface area contributed by atoms with Crippen molar-refractivity contribution in [2.45, 2.75) is 184 Å². The first-order chi connectivity index (χ1) is 27.7. The lowest BCUT2D eigenvalue weighted by molar-refractivity contribution is -0.327. The van der Waals surface area contributed by atoms with Crippen molar-refractivity contribution < 1.29 is 72.4 Å². The van der Waals surface area contributed by atoms with Gasteiger partial charge in [0.15, 0.2) is 12.4 Å². The Morgan fingerprint density at radius 2 is 1.66 bits per heavy atom. The predicted molar refractivity (Wildman–Crippen MR) is 209 cm³/mol. The van der Waals surface area contributed by atoms with Crippen LogP contribution in [0.25, 0.3) is 0 Å². The summed E-state index contributed by atoms with van der Waals surface area (Å²) in [6.07, 6.45) is 5.95. The molecule has 0 radical (unpaired) electrons. The van der Waals surface area contributed by atoms with Gasteiger partial charge in [-0.2, -0.15) is 0 Å². The number of unbranched alkanes of at least 4 members (excludes halogenated alkanes) is 4. The number of hydrogen-bond acceptors (Lipinski definition) is 15. The van der Waals surface area contributed by atoms with E-state index in [1.54, 1.807) is 26.0 Å². The Morgan fingerprint density at radius 3 is 2.36 bits per heavy atom. The molecule has 15 heteroatoms. The summed E-state index contributed by atoms with van der Waals surface area (Å²) in [5, 5.41) is 34.0. The fourth-order valence-electron chi connectivity index (χ4n) is 8.08. The highest BCUT2D eigenvalue weighted by Gasteiger charge is 2.57. The zero-order chi connectivity index (χ0) is 42.3. The van der Waals surface area contributed by atoms with E-state index in [0.717, 1.165) is 44.6 Å². The van der Waals surface area contributed by atoms with Crippen molar-refractivity contribution in [2.75, 3.05) is 20.3 Å². The molecule has 15 nitrogen and oxygen atoms in total. The van der Waals surface area contributed by atoms with Gasteiger partial charge >= 0.3 is 23.9 Å². The molecule has 3 saturated heterocycles. The maximum Gasteiger partial charge on any atom is 0.330 e. The van der Waals surface area contributed by atoms with E-state index in [0.29, 0.717) is 25.7 Å². The molecule has 4 heterocycles. The molecule has 4 unspecified atom stereocenters. The van der Waals surface area contributed by atoms with Gasteiger partial charge in [-0.3, -0.25) is 14.4 Å². The quantitative estimate of drug-likeness (QED) is 0.0750. The van der Waals surface area contributed by atoms with Gasteiger partial charge in [0.2, 0.25) is 5.79 Å². The largest absolute Gasteiger partial charge is 0.466 e. The molecule has 58 heavy (non-hydrogen) atoms. The van der Waals surface area contributed by atoms with Gasteiger partial charge in [0.05, 0.1) is 63.2 Å². The molecule has 0 aromatic heterocycles. The number of esters is 4. The van der Waals surface area contributed by atoms with Crippen LogP contribution >= 0.6 is 0 Å². The number of carbonyl (C=O) groups excluding carboxylic acids is 4. The number of hydrogen-bond donors (Lipinski definition) is 3. The highest BCUT2D eigenvalue weighted by atomic mass is 16.7. The van der Waals surface area contributed by atoms with E-state index in [2.05, 4.69) is 13.5 Å². The lowest BCUT2D eigenvalue weighted by atomic mass is 9.74. The van der Waals surface area contributed by atoms with Crippen LogP contribution in [0.5, 0.6) is 0 Å². The maximum atomic E-state index is 13.4. The van der Waals surface area contributed by atoms with Crippen molar-refractivity contribution in [1.82, 2.24) is 0 Å². The van der Waals surface area contributed by atoms with Crippen molar-refractivity contribution in [3.8, 4) is 0 Å². The maximum absolute atomic E-state index is 13.4. The number of aliphatic hydroxyl groups excluding tert-OH is 2. The van der Waals surface area contributed by atoms with Gasteiger partial charge in [0.1, 0.15) is 12.7 Å². The van der Waals surface area contributed by atoms with Crippen molar-refractivity contribution in [3.63, 3.8) is 0 Å². The molecule has 0 aromatic carbocycles. The minimum absolute atomic E-state index is 0.0449. The highest BCUT2D eigenvalue weighted by molar-refractivity contribution is 5.83. The van der Waals surface area contributed by atoms with Crippen LogP contribution < -0.4 is 0 Å². The molecule has 0 amide bonds. The Hall–Kier alpha value is -3.18. The number of carbonyl (C=O) groups is 4. The summed E-state index contributed by atoms with van der Waals surface area (Å²) in [5.74, 6) is -4.90. The van der Waals surface area contributed by atoms with Crippen LogP contribution in [0.4, 0.5) is 0 Å². The number of aliphatic hydroxyl groups is 3. The van der Waals surface area contributed by atoms with Crippen molar-refractivity contribution in [2.24, 2.45) is 5.41 Å². The van der Waals surface area contributed by atoms with Crippen LogP contribution in [0.3, 0.4) is 0 Å². The summed E-state index contributed by atoms with van der Waals surface area (Å²) in [6.45, 7) is 8.47. The fraction of sp³-hybridized carbons (Fsp3) is 0.767. The standard InChI is InChI=1S/C43H66O15/c1-6-8-9-10-11-15-36(46)57-41-28(20-37(47)51-5)19-34-25-35(27-44)54-39(49)22-29(45)21-30-13-12-14-31(53-30)23-32-24-33(26-38(48)52-18-7-2)56-40(55-32)16-17-42(3,4)43(41,50)58-34/h7,16-17,20,29-35,40-41,44-45,50H,2,6,8-15,18-19,21-27H2,1,3-5H3/b17-16+,28-20+/t29-,30+,31?,32?,33?,34+,35?,40-,41+,43-/m1/s1. The molecule has 10 atom stereocenters. The number of cyclic esters (lactones) is 1. The van der Waals surface area contributed by atoms with Gasteiger partial charge in [0.25, 0.3) is 0 Å². The number of methoxy groups -OCH3 is 1. The molecule has 3 fully saturated rings. The van der Waals surface area contributed by atoms with Gasteiger partial charge in [-0.15, -0.1) is 0 Å². The van der Waals surface area contributed by atoms with Gasteiger partial charge in [0, 0.05) is 43.6 Å². The summed E-state index contributed by atoms with van der Waals surface area (Å²) in [4.78, 5) is 52.0. The van der Waals surface area contributed by atoms with Gasteiger partial charge < -0.3 is 53.2 Å². The zero-order valence-corrected chi connectivity index (χ0v) is 34.7. The SMILES string of the molecule is C=CCOC(=O)CC1CC2CC3CCC[C@@H](C[C@@H](O)CC(=O)OC(CO)C[C@@H]4C/C(=C\C(=O)OC)[C@H](OC(=O)CCCCCCC)[C@@](O)(O4)C(C)(C)/C=C/[C@@H](O1)O2)O3. The molecule has 0 aliphatic carbocycles. The number of fused-ring (bicyclic) bond motifs is 6. The third-order valence-corrected chi connectivity index (χ3v) is 11.2. The number of ether oxygens (including phenoxy) is 8. The first kappa shape index (κ1) is 47.5. The lowest BCUT2D eigenvalue weighted by Gasteiger charge is -2.51. The molecule has 6 bridgehead atoms. The zero-order valence-electron chi connectivity index (χ0n) is 34.7. The van der Waals surface area contributed by atoms with Crippen LogP contribution in [-0.4, -0.2) is 120 Å². The topological polar surface area (TPSA) is 203 Å². The summed E-state index contributed by atoms with van der Waals surface area (Å²) in [5.41, 5.74) is -1.22. The van der Waals surface area contributed by atoms with E-state index in [1.165, 1.54) is 13.2 Å². The molecule has 0 spiro atoms. The van der Waals surface area contributed by atoms with Crippen LogP contribution in [0.15, 0.2) is 36.5 Å². The number of rotatable bonds is 13. The van der Waals surface area contributed by atoms with Crippen LogP contribution in [0, 0.1) is 5.41 Å². The minimum Gasteiger partial charge on any atom is -0.466 e. The monoisotopic (exact) mass is 822 g/mol. The Bertz CT molecular complexity index is 1430. The first-order valence-corrected chi connectivity index (χ1v) is 21.0. The molecular formula is C43H66O15. The van der Waals surface area contributed by atoms with Crippen LogP contribution in [-0.2, 0) is 57.1 Å². The fourth-order valence-corrected chi connectivity index (χ4v) is 8.08. The molecule has 4 aliphatic rings. The predicted octanol–water partition coefficient (Wildman–Crippen LogP) is 4.81. The van der Waals surface area contributed by atoms with E-state index in [-0.39, 0.29) is 62.9 Å². The van der Waals surface area contributed by atoms with E-state index < -0.39 is 84.6 Å². The molecule has 4 rings (SSSR count). The summed E-state index contributed by atoms with van der Waals surface area (Å²) in [7, 11) is 1.20. The Labute approximate surface area is 342 Å². The molecule has 0 saturated carbocycles. The van der Waals surface area contributed by atoms with Gasteiger partial charge in [-0.25, -0.2) is 4.79 Å². The van der Waals surface area contributed by atoms with E-state index >= 15 is 0 Å². The Balaban J connectivity index is 1.74. The molecule has 3 N–H and O–H groups in total. The van der Waals surface area contributed by atoms with E-state index in [9.17, 15) is 34.5 Å². The Kier molecular flexibility index (Phi) is 18.8. The second-order valence-electron chi connectivity index (χ2n) is 16.5. The summed E-state index contributed by atoms with van der Waals surface area (Å²) >= 11 is 0. The van der Waals surface area contributed by atoms with Gasteiger partial charge in [-0.05, 0) is 43.8 Å². The minimum atomic E-state index is -2.35. The third kappa shape index (κ3) is 14.2. The normalized spacial score (nSPS) is 34.5. The average molecular weight is 823 g/mol. The summed E-state index contributed by atoms with van der Waals surface area (Å²) < 4.78 is 47.3. The highest BCUT2D eigenvalue weighted by Crippen LogP contribution is 2.47. The summed E-state index contributed by atoms with van der Waals surface area (Å²) in [6, 6.07) is 0. The van der Waals surface area contributed by atoms with E-state index in [1.807, 2.05) is 0 Å². The first-order valence-electron chi connectivity index (χ1n) is 21.0. The third-order valence-electron chi connectivity index (χ3n) is 11.2. The van der Waals surface area contributed by atoms with Crippen molar-refractivity contribution in [3.05, 3.63) is 36.5 Å². The average Bonchev–Trinajstić information content (AvgIpc) is 3.16. The smallest absolute Gasteiger partial charge is 0.330 e. The molecule has 4 aliphatic heterocycles. The molecular weight excluding hydrogens is 756 g/mol. The van der Waals surface area contributed by atoms with Crippen LogP contribution in [0.2, 0.25) is 0 Å². The van der Waals surface area contributed by atoms with Crippen molar-refractivity contribution >= 4 is 23.9 Å². The second-order valence-corrected chi connectivity index (χ2v) is 16.5. The molecule has 0 aromatic rings. The van der Waals surface area contributed by atoms with Gasteiger partial charge in [-0.1, -0.05) is 65.2 Å². The second kappa shape index (κ2) is 23.0. The molecule has 328 valence electrons. The lowest BCUT2D eigenvalue weighted by Crippen LogP contribution is -2.62. The Morgan fingerprint density at radius 1 is 0.931 bits per heavy atom. The van der Waals surface area contributed by atoms with E-state index in [4.69, 9.17) is 37.9 Å². The van der Waals surface area contributed by atoms with Crippen LogP contribution in [0.1, 0.15) is 124 Å². The van der Waals surface area contributed by atoms with Crippen molar-refractivity contribution in [1.29, 1.82) is 0 Å².